The number of hydrogen-bond acceptors (Lipinski definition) is 5. The number of amides is 1. The Kier molecular flexibility index (Phi) is 76.8. The van der Waals surface area contributed by atoms with E-state index >= 15 is 0 Å². The summed E-state index contributed by atoms with van der Waals surface area (Å²) in [6.45, 7) is 4.94. The Morgan fingerprint density at radius 1 is 0.315 bits per heavy atom. The first-order valence-electron chi connectivity index (χ1n) is 40.8. The van der Waals surface area contributed by atoms with Gasteiger partial charge in [-0.3, -0.25) is 9.59 Å². The maximum Gasteiger partial charge on any atom is 0.305 e. The van der Waals surface area contributed by atoms with Crippen LogP contribution in [0, 0.1) is 0 Å². The zero-order chi connectivity index (χ0) is 64.2. The summed E-state index contributed by atoms with van der Waals surface area (Å²) in [4.78, 5) is 24.7. The van der Waals surface area contributed by atoms with Gasteiger partial charge < -0.3 is 20.3 Å². The second kappa shape index (κ2) is 78.5. The first kappa shape index (κ1) is 87.1. The third-order valence-electron chi connectivity index (χ3n) is 19.2. The number of aliphatic hydroxyl groups excluding tert-OH is 2. The lowest BCUT2D eigenvalue weighted by molar-refractivity contribution is -0.143. The van der Waals surface area contributed by atoms with Crippen LogP contribution in [0.5, 0.6) is 0 Å². The van der Waals surface area contributed by atoms with E-state index in [0.29, 0.717) is 19.4 Å². The van der Waals surface area contributed by atoms with Crippen molar-refractivity contribution in [1.29, 1.82) is 0 Å². The molecule has 0 aromatic heterocycles. The molecule has 0 aromatic carbocycles. The molecule has 0 heterocycles. The van der Waals surface area contributed by atoms with Crippen molar-refractivity contribution in [3.05, 3.63) is 36.5 Å². The van der Waals surface area contributed by atoms with Gasteiger partial charge in [0.1, 0.15) is 0 Å². The van der Waals surface area contributed by atoms with Gasteiger partial charge >= 0.3 is 5.97 Å². The van der Waals surface area contributed by atoms with Crippen LogP contribution in [-0.2, 0) is 14.3 Å². The van der Waals surface area contributed by atoms with E-state index in [4.69, 9.17) is 4.74 Å². The van der Waals surface area contributed by atoms with Gasteiger partial charge in [0.2, 0.25) is 5.91 Å². The van der Waals surface area contributed by atoms with Crippen LogP contribution in [0.25, 0.3) is 0 Å². The molecule has 6 nitrogen and oxygen atoms in total. The lowest BCUT2D eigenvalue weighted by Crippen LogP contribution is -2.45. The van der Waals surface area contributed by atoms with Gasteiger partial charge in [0.05, 0.1) is 25.4 Å². The molecule has 0 bridgehead atoms. The van der Waals surface area contributed by atoms with Crippen LogP contribution in [-0.4, -0.2) is 47.4 Å². The molecule has 0 spiro atoms. The topological polar surface area (TPSA) is 95.9 Å². The molecule has 0 aliphatic carbocycles. The molecular formula is C83H159NO5. The van der Waals surface area contributed by atoms with Crippen LogP contribution in [0.15, 0.2) is 36.5 Å². The largest absolute Gasteiger partial charge is 0.466 e. The molecule has 0 saturated carbocycles. The molecule has 0 aliphatic rings. The molecule has 6 heteroatoms. The molecule has 0 saturated heterocycles. The number of carbonyl (C=O) groups is 2. The van der Waals surface area contributed by atoms with Gasteiger partial charge in [-0.25, -0.2) is 0 Å². The first-order valence-corrected chi connectivity index (χ1v) is 40.8. The first-order chi connectivity index (χ1) is 44.0. The molecule has 0 aromatic rings. The predicted molar refractivity (Wildman–Crippen MR) is 393 cm³/mol. The summed E-state index contributed by atoms with van der Waals surface area (Å²) in [6.07, 6.45) is 103. The SMILES string of the molecule is CCCCCC/C=C\C/C=C\CCCCCCCCCC(=O)OCCCCCCCCCCCCCCCCCCCCCCCCCCCCCCCC(=O)NC(CO)C(O)/C=C/CCCCCCCCCCCCCCCCCCCCCCCCC. The highest BCUT2D eigenvalue weighted by atomic mass is 16.5. The maximum absolute atomic E-state index is 12.6. The molecule has 526 valence electrons. The number of unbranched alkanes of at least 4 members (excludes halogenated alkanes) is 62. The summed E-state index contributed by atoms with van der Waals surface area (Å²) < 4.78 is 5.51. The Hall–Kier alpha value is -1.92. The highest BCUT2D eigenvalue weighted by Crippen LogP contribution is 2.20. The van der Waals surface area contributed by atoms with Crippen molar-refractivity contribution in [3.63, 3.8) is 0 Å². The highest BCUT2D eigenvalue weighted by Gasteiger charge is 2.18. The van der Waals surface area contributed by atoms with Crippen LogP contribution in [0.4, 0.5) is 0 Å². The van der Waals surface area contributed by atoms with E-state index in [0.717, 1.165) is 51.4 Å². The van der Waals surface area contributed by atoms with E-state index in [1.807, 2.05) is 6.08 Å². The van der Waals surface area contributed by atoms with Crippen LogP contribution in [0.2, 0.25) is 0 Å². The normalized spacial score (nSPS) is 12.6. The summed E-state index contributed by atoms with van der Waals surface area (Å²) in [5, 5.41) is 23.3. The Balaban J connectivity index is 3.36. The van der Waals surface area contributed by atoms with E-state index in [1.54, 1.807) is 6.08 Å². The molecule has 0 fully saturated rings. The quantitative estimate of drug-likeness (QED) is 0.0320. The number of rotatable bonds is 77. The van der Waals surface area contributed by atoms with Crippen molar-refractivity contribution in [2.45, 2.75) is 469 Å². The average Bonchev–Trinajstić information content (AvgIpc) is 3.63. The van der Waals surface area contributed by atoms with Crippen molar-refractivity contribution < 1.29 is 24.5 Å². The predicted octanol–water partition coefficient (Wildman–Crippen LogP) is 27.0. The van der Waals surface area contributed by atoms with Gasteiger partial charge in [0.15, 0.2) is 0 Å². The zero-order valence-electron chi connectivity index (χ0n) is 60.4. The monoisotopic (exact) mass is 1250 g/mol. The molecule has 89 heavy (non-hydrogen) atoms. The smallest absolute Gasteiger partial charge is 0.305 e. The second-order valence-electron chi connectivity index (χ2n) is 28.1. The minimum absolute atomic E-state index is 0.0127. The van der Waals surface area contributed by atoms with Crippen LogP contribution in [0.3, 0.4) is 0 Å². The van der Waals surface area contributed by atoms with E-state index in [9.17, 15) is 19.8 Å². The van der Waals surface area contributed by atoms with E-state index in [-0.39, 0.29) is 18.5 Å². The number of ether oxygens (including phenoxy) is 1. The fourth-order valence-corrected chi connectivity index (χ4v) is 13.0. The van der Waals surface area contributed by atoms with Crippen molar-refractivity contribution >= 4 is 11.9 Å². The summed E-state index contributed by atoms with van der Waals surface area (Å²) in [5.41, 5.74) is 0. The third kappa shape index (κ3) is 75.0. The number of hydrogen-bond donors (Lipinski definition) is 3. The third-order valence-corrected chi connectivity index (χ3v) is 19.2. The number of aliphatic hydroxyl groups is 2. The van der Waals surface area contributed by atoms with Gasteiger partial charge in [-0.2, -0.15) is 0 Å². The molecule has 3 N–H and O–H groups in total. The Morgan fingerprint density at radius 2 is 0.562 bits per heavy atom. The van der Waals surface area contributed by atoms with Gasteiger partial charge in [-0.15, -0.1) is 0 Å². The summed E-state index contributed by atoms with van der Waals surface area (Å²) >= 11 is 0. The summed E-state index contributed by atoms with van der Waals surface area (Å²) in [5.74, 6) is -0.0465. The van der Waals surface area contributed by atoms with Crippen molar-refractivity contribution in [2.24, 2.45) is 0 Å². The average molecular weight is 1250 g/mol. The second-order valence-corrected chi connectivity index (χ2v) is 28.1. The van der Waals surface area contributed by atoms with Gasteiger partial charge in [-0.05, 0) is 64.2 Å². The number of carbonyl (C=O) groups excluding carboxylic acids is 2. The van der Waals surface area contributed by atoms with E-state index in [2.05, 4.69) is 43.5 Å². The fraction of sp³-hybridized carbons (Fsp3) is 0.904. The maximum atomic E-state index is 12.6. The Bertz CT molecular complexity index is 1440. The standard InChI is InChI=1S/C83H159NO5/c1-3-5-7-9-11-13-15-17-19-21-23-24-25-31-34-37-40-43-47-51-55-59-63-67-71-75-81(86)80(79-85)84-82(87)76-72-68-64-60-56-52-48-44-41-38-35-32-29-27-26-28-30-33-36-39-42-46-50-54-58-62-66-70-74-78-89-83(88)77-73-69-65-61-57-53-49-45-22-20-18-16-14-12-10-8-6-4-2/h14,16,20,22,71,75,80-81,85-86H,3-13,15,17-19,21,23-70,72-74,76-79H2,1-2H3,(H,84,87)/b16-14-,22-20-,75-71+. The number of esters is 1. The lowest BCUT2D eigenvalue weighted by Gasteiger charge is -2.20. The molecule has 2 atom stereocenters. The Labute approximate surface area is 557 Å². The fourth-order valence-electron chi connectivity index (χ4n) is 13.0. The Morgan fingerprint density at radius 3 is 0.865 bits per heavy atom. The van der Waals surface area contributed by atoms with Crippen molar-refractivity contribution in [1.82, 2.24) is 5.32 Å². The van der Waals surface area contributed by atoms with Crippen LogP contribution in [0.1, 0.15) is 457 Å². The molecule has 0 aliphatic heterocycles. The van der Waals surface area contributed by atoms with Crippen LogP contribution < -0.4 is 5.32 Å². The molecule has 1 amide bonds. The minimum atomic E-state index is -0.844. The summed E-state index contributed by atoms with van der Waals surface area (Å²) in [6, 6.07) is -0.627. The number of allylic oxidation sites excluding steroid dienone is 5. The molecule has 0 rings (SSSR count). The highest BCUT2D eigenvalue weighted by molar-refractivity contribution is 5.76. The van der Waals surface area contributed by atoms with Crippen LogP contribution >= 0.6 is 0 Å². The number of nitrogens with one attached hydrogen (secondary N) is 1. The van der Waals surface area contributed by atoms with Gasteiger partial charge in [0.25, 0.3) is 0 Å². The minimum Gasteiger partial charge on any atom is -0.466 e. The van der Waals surface area contributed by atoms with E-state index < -0.39 is 12.1 Å². The van der Waals surface area contributed by atoms with Gasteiger partial charge in [-0.1, -0.05) is 416 Å². The molecular weight excluding hydrogens is 1090 g/mol. The summed E-state index contributed by atoms with van der Waals surface area (Å²) in [7, 11) is 0. The molecule has 2 unspecified atom stereocenters. The van der Waals surface area contributed by atoms with E-state index in [1.165, 1.54) is 379 Å². The zero-order valence-corrected chi connectivity index (χ0v) is 60.4. The van der Waals surface area contributed by atoms with Crippen molar-refractivity contribution in [3.8, 4) is 0 Å². The lowest BCUT2D eigenvalue weighted by atomic mass is 10.0. The van der Waals surface area contributed by atoms with Crippen molar-refractivity contribution in [2.75, 3.05) is 13.2 Å². The molecule has 0 radical (unpaired) electrons. The van der Waals surface area contributed by atoms with Gasteiger partial charge in [0, 0.05) is 12.8 Å².